The van der Waals surface area contributed by atoms with E-state index in [1.807, 2.05) is 20.8 Å². The fourth-order valence-electron chi connectivity index (χ4n) is 8.63. The van der Waals surface area contributed by atoms with Crippen LogP contribution in [-0.4, -0.2) is 60.7 Å². The number of aliphatic hydroxyl groups is 2. The van der Waals surface area contributed by atoms with Crippen LogP contribution in [0.5, 0.6) is 0 Å². The normalized spacial score (nSPS) is 48.5. The summed E-state index contributed by atoms with van der Waals surface area (Å²) in [5.74, 6) is -1.09. The molecule has 2 heterocycles. The molecule has 2 saturated heterocycles. The van der Waals surface area contributed by atoms with Gasteiger partial charge in [0.15, 0.2) is 5.79 Å². The van der Waals surface area contributed by atoms with Crippen LogP contribution in [0.2, 0.25) is 10.1 Å². The van der Waals surface area contributed by atoms with Crippen LogP contribution in [0.25, 0.3) is 0 Å². The van der Waals surface area contributed by atoms with Crippen molar-refractivity contribution in [2.45, 2.75) is 141 Å². The van der Waals surface area contributed by atoms with Gasteiger partial charge in [-0.25, -0.2) is 0 Å². The minimum atomic E-state index is -2.96. The molecule has 2 aliphatic heterocycles. The lowest BCUT2D eigenvalue weighted by Crippen LogP contribution is -2.90. The smallest absolute Gasteiger partial charge is 0.350 e. The minimum absolute atomic E-state index is 0.133. The van der Waals surface area contributed by atoms with Crippen molar-refractivity contribution in [2.75, 3.05) is 6.61 Å². The Morgan fingerprint density at radius 2 is 1.42 bits per heavy atom. The van der Waals surface area contributed by atoms with Gasteiger partial charge in [-0.05, 0) is 39.0 Å². The highest BCUT2D eigenvalue weighted by Crippen LogP contribution is 2.72. The number of rotatable bonds is 0. The molecule has 4 rings (SSSR count). The number of hydrogen-bond donors (Lipinski definition) is 2. The largest absolute Gasteiger partial charge is 0.390 e. The molecule has 0 unspecified atom stereocenters. The Bertz CT molecular complexity index is 799. The van der Waals surface area contributed by atoms with E-state index >= 15 is 0 Å². The van der Waals surface area contributed by atoms with Crippen molar-refractivity contribution in [1.82, 2.24) is 0 Å². The summed E-state index contributed by atoms with van der Waals surface area (Å²) in [4.78, 5) is 0. The van der Waals surface area contributed by atoms with Crippen LogP contribution < -0.4 is 0 Å². The third-order valence-corrected chi connectivity index (χ3v) is 15.0. The van der Waals surface area contributed by atoms with Gasteiger partial charge < -0.3 is 28.5 Å². The average Bonchev–Trinajstić information content (AvgIpc) is 2.61. The van der Waals surface area contributed by atoms with Gasteiger partial charge in [0, 0.05) is 21.4 Å². The second kappa shape index (κ2) is 6.84. The summed E-state index contributed by atoms with van der Waals surface area (Å²) >= 11 is 0. The van der Waals surface area contributed by atoms with Gasteiger partial charge in [-0.15, -0.1) is 0 Å². The van der Waals surface area contributed by atoms with E-state index in [-0.39, 0.29) is 27.5 Å². The molecule has 0 aromatic carbocycles. The van der Waals surface area contributed by atoms with Crippen molar-refractivity contribution in [2.24, 2.45) is 16.7 Å². The molecule has 4 fully saturated rings. The maximum absolute atomic E-state index is 11.9. The Labute approximate surface area is 202 Å². The van der Waals surface area contributed by atoms with Gasteiger partial charge in [0.25, 0.3) is 0 Å². The van der Waals surface area contributed by atoms with Gasteiger partial charge in [-0.3, -0.25) is 0 Å². The molecule has 192 valence electrons. The van der Waals surface area contributed by atoms with Crippen LogP contribution >= 0.6 is 0 Å². The summed E-state index contributed by atoms with van der Waals surface area (Å²) in [6.07, 6.45) is -0.415. The standard InChI is InChI=1S/C26H48O6Si/c1-20(2,3)33(21(4,5)6)29-15-26-24(11)16(30-23(9,10)31-26)13-14-22(7,8)18(24)17(27)19(28)25(26,12)32-33/h16-19,27-28H,13-15H2,1-12H3/t16-,17-,18-,19-,24-,25+,26-/m0/s1. The molecular formula is C26H48O6Si. The van der Waals surface area contributed by atoms with Crippen molar-refractivity contribution >= 4 is 8.56 Å². The highest BCUT2D eigenvalue weighted by Gasteiger charge is 2.83. The third-order valence-electron chi connectivity index (χ3n) is 9.76. The van der Waals surface area contributed by atoms with E-state index in [0.717, 1.165) is 12.8 Å². The summed E-state index contributed by atoms with van der Waals surface area (Å²) < 4.78 is 27.7. The lowest BCUT2D eigenvalue weighted by molar-refractivity contribution is -0.472. The molecule has 0 bridgehead atoms. The van der Waals surface area contributed by atoms with Crippen molar-refractivity contribution in [3.63, 3.8) is 0 Å². The van der Waals surface area contributed by atoms with Gasteiger partial charge >= 0.3 is 8.56 Å². The molecule has 33 heavy (non-hydrogen) atoms. The van der Waals surface area contributed by atoms with Crippen LogP contribution in [0.4, 0.5) is 0 Å². The van der Waals surface area contributed by atoms with Crippen LogP contribution in [0.1, 0.15) is 95.9 Å². The first-order chi connectivity index (χ1) is 14.6. The third kappa shape index (κ3) is 2.99. The first-order valence-corrected chi connectivity index (χ1v) is 14.5. The predicted octanol–water partition coefficient (Wildman–Crippen LogP) is 4.90. The molecule has 6 nitrogen and oxygen atoms in total. The van der Waals surface area contributed by atoms with Gasteiger partial charge in [-0.1, -0.05) is 62.3 Å². The SMILES string of the molecule is CC1(C)O[C@H]2CCC(C)(C)[C@@H]3[C@H](O)[C@H](O)[C@@]4(C)O[Si](C(C)(C)C)(C(C)(C)C)OC[C@]4(O1)[C@@]23C. The zero-order chi connectivity index (χ0) is 25.3. The molecule has 2 saturated carbocycles. The molecule has 0 amide bonds. The maximum atomic E-state index is 11.9. The fraction of sp³-hybridized carbons (Fsp3) is 1.00. The Hall–Kier alpha value is -0.0231. The molecule has 0 aromatic rings. The summed E-state index contributed by atoms with van der Waals surface area (Å²) in [6.45, 7) is 25.8. The van der Waals surface area contributed by atoms with E-state index in [2.05, 4.69) is 62.3 Å². The summed E-state index contributed by atoms with van der Waals surface area (Å²) in [5.41, 5.74) is -2.93. The van der Waals surface area contributed by atoms with E-state index < -0.39 is 43.2 Å². The molecule has 0 aromatic heterocycles. The number of hydrogen-bond acceptors (Lipinski definition) is 6. The van der Waals surface area contributed by atoms with Gasteiger partial charge in [-0.2, -0.15) is 0 Å². The van der Waals surface area contributed by atoms with E-state index in [0.29, 0.717) is 6.61 Å². The van der Waals surface area contributed by atoms with E-state index in [9.17, 15) is 10.2 Å². The Morgan fingerprint density at radius 3 is 1.94 bits per heavy atom. The van der Waals surface area contributed by atoms with Gasteiger partial charge in [0.05, 0.1) is 18.8 Å². The average molecular weight is 485 g/mol. The fourth-order valence-corrected chi connectivity index (χ4v) is 13.7. The van der Waals surface area contributed by atoms with Gasteiger partial charge in [0.1, 0.15) is 17.3 Å². The topological polar surface area (TPSA) is 77.4 Å². The van der Waals surface area contributed by atoms with Gasteiger partial charge in [0.2, 0.25) is 0 Å². The number of ether oxygens (including phenoxy) is 2. The van der Waals surface area contributed by atoms with E-state index in [1.54, 1.807) is 0 Å². The molecule has 4 aliphatic rings. The molecule has 2 N–H and O–H groups in total. The second-order valence-corrected chi connectivity index (χ2v) is 19.5. The lowest BCUT2D eigenvalue weighted by Gasteiger charge is -2.77. The van der Waals surface area contributed by atoms with E-state index in [1.165, 1.54) is 0 Å². The Morgan fingerprint density at radius 1 is 0.879 bits per heavy atom. The number of aliphatic hydroxyl groups excluding tert-OH is 2. The summed E-state index contributed by atoms with van der Waals surface area (Å²) in [5, 5.41) is 23.2. The van der Waals surface area contributed by atoms with Crippen molar-refractivity contribution in [1.29, 1.82) is 0 Å². The zero-order valence-electron chi connectivity index (χ0n) is 23.0. The molecule has 1 spiro atoms. The minimum Gasteiger partial charge on any atom is -0.390 e. The highest BCUT2D eigenvalue weighted by atomic mass is 28.4. The molecule has 2 aliphatic carbocycles. The molecule has 0 radical (unpaired) electrons. The molecular weight excluding hydrogens is 436 g/mol. The van der Waals surface area contributed by atoms with Crippen LogP contribution in [0.3, 0.4) is 0 Å². The summed E-state index contributed by atoms with van der Waals surface area (Å²) in [6, 6.07) is 0. The maximum Gasteiger partial charge on any atom is 0.350 e. The van der Waals surface area contributed by atoms with Crippen molar-refractivity contribution in [3.05, 3.63) is 0 Å². The molecule has 7 atom stereocenters. The predicted molar refractivity (Wildman–Crippen MR) is 130 cm³/mol. The van der Waals surface area contributed by atoms with Crippen LogP contribution in [-0.2, 0) is 18.3 Å². The molecule has 7 heteroatoms. The quantitative estimate of drug-likeness (QED) is 0.476. The van der Waals surface area contributed by atoms with Crippen molar-refractivity contribution < 1.29 is 28.5 Å². The summed E-state index contributed by atoms with van der Waals surface area (Å²) in [7, 11) is -2.96. The van der Waals surface area contributed by atoms with Crippen LogP contribution in [0, 0.1) is 16.7 Å². The van der Waals surface area contributed by atoms with Crippen molar-refractivity contribution in [3.8, 4) is 0 Å². The Kier molecular flexibility index (Phi) is 5.40. The van der Waals surface area contributed by atoms with Crippen LogP contribution in [0.15, 0.2) is 0 Å². The lowest BCUT2D eigenvalue weighted by atomic mass is 9.41. The Balaban J connectivity index is 1.99. The highest BCUT2D eigenvalue weighted by molar-refractivity contribution is 6.73. The first-order valence-electron chi connectivity index (χ1n) is 12.7. The monoisotopic (exact) mass is 484 g/mol. The van der Waals surface area contributed by atoms with E-state index in [4.69, 9.17) is 18.3 Å². The second-order valence-electron chi connectivity index (χ2n) is 14.8. The zero-order valence-corrected chi connectivity index (χ0v) is 24.0. The first kappa shape index (κ1) is 26.1.